The van der Waals surface area contributed by atoms with Crippen molar-refractivity contribution < 1.29 is 4.79 Å². The second-order valence-electron chi connectivity index (χ2n) is 5.47. The molecule has 0 radical (unpaired) electrons. The summed E-state index contributed by atoms with van der Waals surface area (Å²) in [4.78, 5) is 13.6. The van der Waals surface area contributed by atoms with Crippen molar-refractivity contribution in [2.45, 2.75) is 26.2 Å². The third-order valence-corrected chi connectivity index (χ3v) is 2.56. The van der Waals surface area contributed by atoms with E-state index in [1.54, 1.807) is 12.3 Å². The van der Waals surface area contributed by atoms with E-state index >= 15 is 0 Å². The third-order valence-electron chi connectivity index (χ3n) is 2.56. The molecule has 1 aromatic carbocycles. The smallest absolute Gasteiger partial charge is 0.187 e. The number of carbonyl (C=O) groups is 1. The highest BCUT2D eigenvalue weighted by atomic mass is 16.1. The maximum absolute atomic E-state index is 11.8. The highest BCUT2D eigenvalue weighted by molar-refractivity contribution is 6.04. The van der Waals surface area contributed by atoms with Gasteiger partial charge in [0.25, 0.3) is 0 Å². The van der Waals surface area contributed by atoms with Crippen LogP contribution in [0.25, 0.3) is 0 Å². The Bertz CT molecular complexity index is 408. The van der Waals surface area contributed by atoms with Crippen molar-refractivity contribution in [3.05, 3.63) is 47.7 Å². The van der Waals surface area contributed by atoms with Crippen molar-refractivity contribution in [1.82, 2.24) is 4.90 Å². The molecule has 0 amide bonds. The summed E-state index contributed by atoms with van der Waals surface area (Å²) < 4.78 is 0. The van der Waals surface area contributed by atoms with Crippen molar-refractivity contribution in [1.29, 1.82) is 0 Å². The molecular formula is C15H21NO. The monoisotopic (exact) mass is 231 g/mol. The van der Waals surface area contributed by atoms with Crippen molar-refractivity contribution in [3.63, 3.8) is 0 Å². The highest BCUT2D eigenvalue weighted by Crippen LogP contribution is 2.22. The summed E-state index contributed by atoms with van der Waals surface area (Å²) in [5, 5.41) is 0. The molecule has 0 bridgehead atoms. The van der Waals surface area contributed by atoms with E-state index in [0.717, 1.165) is 5.56 Å². The van der Waals surface area contributed by atoms with Gasteiger partial charge >= 0.3 is 0 Å². The molecule has 0 aromatic heterocycles. The van der Waals surface area contributed by atoms with Gasteiger partial charge in [0.15, 0.2) is 5.78 Å². The van der Waals surface area contributed by atoms with Crippen LogP contribution >= 0.6 is 0 Å². The quantitative estimate of drug-likeness (QED) is 0.588. The molecule has 0 heterocycles. The van der Waals surface area contributed by atoms with Gasteiger partial charge in [-0.15, -0.1) is 0 Å². The first kappa shape index (κ1) is 13.5. The van der Waals surface area contributed by atoms with E-state index in [2.05, 4.69) is 20.8 Å². The first-order valence-electron chi connectivity index (χ1n) is 5.80. The minimum absolute atomic E-state index is 0.0409. The van der Waals surface area contributed by atoms with Crippen LogP contribution in [-0.4, -0.2) is 24.8 Å². The summed E-state index contributed by atoms with van der Waals surface area (Å²) in [6.45, 7) is 6.49. The van der Waals surface area contributed by atoms with Crippen molar-refractivity contribution in [2.75, 3.05) is 14.1 Å². The molecule has 92 valence electrons. The summed E-state index contributed by atoms with van der Waals surface area (Å²) in [5.74, 6) is 0.0409. The molecule has 0 spiro atoms. The van der Waals surface area contributed by atoms with Gasteiger partial charge in [-0.3, -0.25) is 4.79 Å². The molecule has 0 aliphatic carbocycles. The fourth-order valence-corrected chi connectivity index (χ4v) is 1.45. The van der Waals surface area contributed by atoms with Gasteiger partial charge in [0, 0.05) is 31.9 Å². The molecule has 0 fully saturated rings. The van der Waals surface area contributed by atoms with Crippen LogP contribution in [0.3, 0.4) is 0 Å². The van der Waals surface area contributed by atoms with E-state index in [0.29, 0.717) is 0 Å². The van der Waals surface area contributed by atoms with Crippen LogP contribution in [0.4, 0.5) is 0 Å². The summed E-state index contributed by atoms with van der Waals surface area (Å²) in [5.41, 5.74) is 2.10. The van der Waals surface area contributed by atoms with E-state index in [4.69, 9.17) is 0 Å². The largest absolute Gasteiger partial charge is 0.383 e. The fourth-order valence-electron chi connectivity index (χ4n) is 1.45. The van der Waals surface area contributed by atoms with Gasteiger partial charge in [0.1, 0.15) is 0 Å². The topological polar surface area (TPSA) is 20.3 Å². The molecule has 0 unspecified atom stereocenters. The zero-order chi connectivity index (χ0) is 13.1. The zero-order valence-electron chi connectivity index (χ0n) is 11.3. The van der Waals surface area contributed by atoms with Crippen LogP contribution in [0.1, 0.15) is 36.7 Å². The van der Waals surface area contributed by atoms with Crippen LogP contribution in [0.2, 0.25) is 0 Å². The van der Waals surface area contributed by atoms with E-state index in [-0.39, 0.29) is 11.2 Å². The Morgan fingerprint density at radius 3 is 2.06 bits per heavy atom. The third kappa shape index (κ3) is 4.06. The lowest BCUT2D eigenvalue weighted by Crippen LogP contribution is -2.11. The zero-order valence-corrected chi connectivity index (χ0v) is 11.3. The number of rotatable bonds is 3. The Kier molecular flexibility index (Phi) is 4.11. The SMILES string of the molecule is CN(C)/C=C/C(=O)c1ccc(C(C)(C)C)cc1. The Balaban J connectivity index is 2.85. The number of hydrogen-bond acceptors (Lipinski definition) is 2. The Labute approximate surface area is 104 Å². The summed E-state index contributed by atoms with van der Waals surface area (Å²) >= 11 is 0. The molecule has 1 aromatic rings. The standard InChI is InChI=1S/C15H21NO/c1-15(2,3)13-8-6-12(7-9-13)14(17)10-11-16(4)5/h6-11H,1-5H3/b11-10+. The van der Waals surface area contributed by atoms with Crippen molar-refractivity contribution in [3.8, 4) is 0 Å². The molecule has 0 aliphatic rings. The van der Waals surface area contributed by atoms with Crippen LogP contribution in [0, 0.1) is 0 Å². The van der Waals surface area contributed by atoms with Gasteiger partial charge < -0.3 is 4.90 Å². The van der Waals surface area contributed by atoms with Gasteiger partial charge in [0.05, 0.1) is 0 Å². The second kappa shape index (κ2) is 5.17. The van der Waals surface area contributed by atoms with Crippen LogP contribution in [0.15, 0.2) is 36.5 Å². The molecule has 2 heteroatoms. The molecule has 0 N–H and O–H groups in total. The molecule has 1 rings (SSSR count). The van der Waals surface area contributed by atoms with E-state index in [1.807, 2.05) is 43.3 Å². The number of benzene rings is 1. The molecule has 17 heavy (non-hydrogen) atoms. The van der Waals surface area contributed by atoms with E-state index in [9.17, 15) is 4.79 Å². The lowest BCUT2D eigenvalue weighted by atomic mass is 9.86. The minimum Gasteiger partial charge on any atom is -0.383 e. The summed E-state index contributed by atoms with van der Waals surface area (Å²) in [6.07, 6.45) is 3.35. The van der Waals surface area contributed by atoms with Gasteiger partial charge in [-0.25, -0.2) is 0 Å². The number of nitrogens with zero attached hydrogens (tertiary/aromatic N) is 1. The van der Waals surface area contributed by atoms with Gasteiger partial charge in [-0.2, -0.15) is 0 Å². The number of ketones is 1. The van der Waals surface area contributed by atoms with Crippen molar-refractivity contribution in [2.24, 2.45) is 0 Å². The average Bonchev–Trinajstić information content (AvgIpc) is 2.25. The molecule has 2 nitrogen and oxygen atoms in total. The fraction of sp³-hybridized carbons (Fsp3) is 0.400. The van der Waals surface area contributed by atoms with Gasteiger partial charge in [-0.05, 0) is 11.0 Å². The lowest BCUT2D eigenvalue weighted by Gasteiger charge is -2.18. The van der Waals surface area contributed by atoms with Crippen LogP contribution < -0.4 is 0 Å². The molecule has 0 atom stereocenters. The number of allylic oxidation sites excluding steroid dienone is 1. The van der Waals surface area contributed by atoms with Gasteiger partial charge in [-0.1, -0.05) is 45.0 Å². The van der Waals surface area contributed by atoms with Gasteiger partial charge in [0.2, 0.25) is 0 Å². The van der Waals surface area contributed by atoms with Crippen LogP contribution in [-0.2, 0) is 5.41 Å². The average molecular weight is 231 g/mol. The number of carbonyl (C=O) groups excluding carboxylic acids is 1. The Hall–Kier alpha value is -1.57. The van der Waals surface area contributed by atoms with Crippen molar-refractivity contribution >= 4 is 5.78 Å². The Morgan fingerprint density at radius 1 is 1.12 bits per heavy atom. The Morgan fingerprint density at radius 2 is 1.65 bits per heavy atom. The normalized spacial score (nSPS) is 11.8. The first-order valence-corrected chi connectivity index (χ1v) is 5.80. The van der Waals surface area contributed by atoms with Crippen LogP contribution in [0.5, 0.6) is 0 Å². The number of hydrogen-bond donors (Lipinski definition) is 0. The molecular weight excluding hydrogens is 210 g/mol. The maximum Gasteiger partial charge on any atom is 0.187 e. The molecule has 0 saturated carbocycles. The summed E-state index contributed by atoms with van der Waals surface area (Å²) in [7, 11) is 3.79. The van der Waals surface area contributed by atoms with E-state index in [1.165, 1.54) is 5.56 Å². The highest BCUT2D eigenvalue weighted by Gasteiger charge is 2.13. The summed E-state index contributed by atoms with van der Waals surface area (Å²) in [6, 6.07) is 7.83. The predicted octanol–water partition coefficient (Wildman–Crippen LogP) is 3.24. The first-order chi connectivity index (χ1) is 7.80. The second-order valence-corrected chi connectivity index (χ2v) is 5.47. The molecule has 0 saturated heterocycles. The predicted molar refractivity (Wildman–Crippen MR) is 72.3 cm³/mol. The van der Waals surface area contributed by atoms with E-state index < -0.39 is 0 Å². The maximum atomic E-state index is 11.8. The molecule has 0 aliphatic heterocycles. The lowest BCUT2D eigenvalue weighted by molar-refractivity contribution is 0.104. The minimum atomic E-state index is 0.0409.